The lowest BCUT2D eigenvalue weighted by molar-refractivity contribution is 1.21. The van der Waals surface area contributed by atoms with Crippen molar-refractivity contribution in [2.45, 2.75) is 0 Å². The van der Waals surface area contributed by atoms with Crippen LogP contribution in [0.4, 0.5) is 0 Å². The van der Waals surface area contributed by atoms with Crippen LogP contribution in [0.3, 0.4) is 0 Å². The molecule has 0 fully saturated rings. The first-order valence-corrected chi connectivity index (χ1v) is 6.57. The number of nitrogens with zero attached hydrogens (tertiary/aromatic N) is 4. The number of pyridine rings is 2. The SMILES string of the molecule is O=c1nc(-c2cccnc2)c2c(=O)nc(-c3cccnc3)c1=2. The monoisotopic (exact) mass is 288 g/mol. The molecule has 104 valence electrons. The second-order valence-corrected chi connectivity index (χ2v) is 4.76. The minimum atomic E-state index is -0.456. The largest absolute Gasteiger partial charge is 0.280 e. The van der Waals surface area contributed by atoms with Crippen LogP contribution in [0.25, 0.3) is 22.5 Å². The summed E-state index contributed by atoms with van der Waals surface area (Å²) >= 11 is 0. The van der Waals surface area contributed by atoms with Gasteiger partial charge in [0.1, 0.15) is 0 Å². The molecule has 0 N–H and O–H groups in total. The molecular weight excluding hydrogens is 280 g/mol. The van der Waals surface area contributed by atoms with Crippen molar-refractivity contribution in [3.63, 3.8) is 0 Å². The maximum Gasteiger partial charge on any atom is 0.280 e. The summed E-state index contributed by atoms with van der Waals surface area (Å²) in [6.45, 7) is 0. The average molecular weight is 288 g/mol. The van der Waals surface area contributed by atoms with E-state index in [0.717, 1.165) is 0 Å². The lowest BCUT2D eigenvalue weighted by Gasteiger charge is -1.93. The quantitative estimate of drug-likeness (QED) is 0.545. The molecule has 2 aliphatic rings. The molecule has 2 aliphatic heterocycles. The van der Waals surface area contributed by atoms with Crippen molar-refractivity contribution in [1.29, 1.82) is 0 Å². The minimum absolute atomic E-state index is 0.247. The molecule has 0 amide bonds. The van der Waals surface area contributed by atoms with Gasteiger partial charge in [-0.1, -0.05) is 0 Å². The predicted octanol–water partition coefficient (Wildman–Crippen LogP) is 0.921. The van der Waals surface area contributed by atoms with Gasteiger partial charge in [-0.15, -0.1) is 0 Å². The van der Waals surface area contributed by atoms with Crippen LogP contribution in [0, 0.1) is 10.4 Å². The molecule has 0 saturated carbocycles. The zero-order chi connectivity index (χ0) is 15.1. The van der Waals surface area contributed by atoms with Gasteiger partial charge in [0, 0.05) is 35.9 Å². The normalized spacial score (nSPS) is 11.1. The van der Waals surface area contributed by atoms with Gasteiger partial charge in [-0.3, -0.25) is 19.6 Å². The van der Waals surface area contributed by atoms with E-state index >= 15 is 0 Å². The summed E-state index contributed by atoms with van der Waals surface area (Å²) in [5.41, 5.74) is 1.000. The zero-order valence-corrected chi connectivity index (χ0v) is 11.2. The Labute approximate surface area is 123 Å². The number of aromatic nitrogens is 4. The maximum absolute atomic E-state index is 12.2. The zero-order valence-electron chi connectivity index (χ0n) is 11.2. The highest BCUT2D eigenvalue weighted by Crippen LogP contribution is 2.21. The first-order chi connectivity index (χ1) is 10.8. The van der Waals surface area contributed by atoms with Gasteiger partial charge in [0.2, 0.25) is 0 Å². The van der Waals surface area contributed by atoms with Crippen molar-refractivity contribution >= 4 is 0 Å². The molecule has 0 aliphatic carbocycles. The first kappa shape index (κ1) is 12.5. The van der Waals surface area contributed by atoms with Crippen LogP contribution in [-0.2, 0) is 0 Å². The Balaban J connectivity index is 2.12. The molecule has 0 bridgehead atoms. The highest BCUT2D eigenvalue weighted by Gasteiger charge is 2.19. The second-order valence-electron chi connectivity index (χ2n) is 4.76. The smallest absolute Gasteiger partial charge is 0.267 e. The molecule has 0 atom stereocenters. The molecular formula is C16H8N4O2. The van der Waals surface area contributed by atoms with Crippen LogP contribution < -0.4 is 11.1 Å². The first-order valence-electron chi connectivity index (χ1n) is 6.57. The number of hydrogen-bond donors (Lipinski definition) is 0. The van der Waals surface area contributed by atoms with Crippen molar-refractivity contribution in [2.24, 2.45) is 0 Å². The van der Waals surface area contributed by atoms with E-state index in [1.54, 1.807) is 49.1 Å². The molecule has 0 saturated heterocycles. The third-order valence-electron chi connectivity index (χ3n) is 3.45. The Morgan fingerprint density at radius 3 is 1.50 bits per heavy atom. The molecule has 22 heavy (non-hydrogen) atoms. The van der Waals surface area contributed by atoms with Gasteiger partial charge in [0.15, 0.2) is 0 Å². The topological polar surface area (TPSA) is 85.7 Å². The van der Waals surface area contributed by atoms with E-state index in [9.17, 15) is 9.59 Å². The lowest BCUT2D eigenvalue weighted by atomic mass is 10.1. The fourth-order valence-corrected chi connectivity index (χ4v) is 2.50. The van der Waals surface area contributed by atoms with Crippen molar-refractivity contribution in [2.75, 3.05) is 0 Å². The highest BCUT2D eigenvalue weighted by molar-refractivity contribution is 5.65. The molecule has 0 radical (unpaired) electrons. The molecule has 6 nitrogen and oxygen atoms in total. The van der Waals surface area contributed by atoms with E-state index < -0.39 is 11.1 Å². The summed E-state index contributed by atoms with van der Waals surface area (Å²) in [5, 5.41) is 0.494. The summed E-state index contributed by atoms with van der Waals surface area (Å²) in [4.78, 5) is 40.5. The molecule has 0 spiro atoms. The maximum atomic E-state index is 12.2. The molecule has 0 unspecified atom stereocenters. The average Bonchev–Trinajstić information content (AvgIpc) is 3.09. The highest BCUT2D eigenvalue weighted by atomic mass is 16.1. The standard InChI is InChI=1S/C16H8N4O2/c21-15-11-12(14(20-15)10-4-2-6-18-8-10)16(22)19-13(11)9-3-1-5-17-7-9/h1-8H. The van der Waals surface area contributed by atoms with E-state index in [1.165, 1.54) is 0 Å². The number of rotatable bonds is 2. The second kappa shape index (κ2) is 4.63. The third kappa shape index (κ3) is 1.74. The van der Waals surface area contributed by atoms with Crippen LogP contribution in [0.15, 0.2) is 58.6 Å². The van der Waals surface area contributed by atoms with E-state index in [2.05, 4.69) is 19.9 Å². The molecule has 4 heterocycles. The number of hydrogen-bond acceptors (Lipinski definition) is 6. The van der Waals surface area contributed by atoms with Crippen molar-refractivity contribution < 1.29 is 0 Å². The molecule has 0 aromatic carbocycles. The van der Waals surface area contributed by atoms with Gasteiger partial charge in [0.05, 0.1) is 21.8 Å². The van der Waals surface area contributed by atoms with Gasteiger partial charge in [-0.05, 0) is 24.3 Å². The third-order valence-corrected chi connectivity index (χ3v) is 3.45. The summed E-state index contributed by atoms with van der Waals surface area (Å²) in [6.07, 6.45) is 6.36. The van der Waals surface area contributed by atoms with Gasteiger partial charge in [0.25, 0.3) is 11.1 Å². The molecule has 2 aromatic heterocycles. The summed E-state index contributed by atoms with van der Waals surface area (Å²) in [7, 11) is 0. The lowest BCUT2D eigenvalue weighted by Crippen LogP contribution is -2.04. The Kier molecular flexibility index (Phi) is 2.62. The van der Waals surface area contributed by atoms with Crippen molar-refractivity contribution in [3.05, 3.63) is 80.2 Å². The fraction of sp³-hybridized carbons (Fsp3) is 0. The van der Waals surface area contributed by atoms with Gasteiger partial charge in [-0.25, -0.2) is 9.97 Å². The van der Waals surface area contributed by atoms with E-state index in [4.69, 9.17) is 0 Å². The van der Waals surface area contributed by atoms with Gasteiger partial charge in [-0.2, -0.15) is 0 Å². The molecule has 2 aromatic rings. The van der Waals surface area contributed by atoms with Crippen LogP contribution >= 0.6 is 0 Å². The van der Waals surface area contributed by atoms with Crippen LogP contribution in [-0.4, -0.2) is 19.9 Å². The predicted molar refractivity (Wildman–Crippen MR) is 78.7 cm³/mol. The van der Waals surface area contributed by atoms with Gasteiger partial charge < -0.3 is 0 Å². The van der Waals surface area contributed by atoms with Crippen molar-refractivity contribution in [3.8, 4) is 22.5 Å². The van der Waals surface area contributed by atoms with E-state index in [-0.39, 0.29) is 10.4 Å². The summed E-state index contributed by atoms with van der Waals surface area (Å²) in [5.74, 6) is 0. The Morgan fingerprint density at radius 1 is 0.682 bits per heavy atom. The fourth-order valence-electron chi connectivity index (χ4n) is 2.50. The van der Waals surface area contributed by atoms with Crippen molar-refractivity contribution in [1.82, 2.24) is 19.9 Å². The summed E-state index contributed by atoms with van der Waals surface area (Å²) in [6, 6.07) is 6.96. The Hall–Kier alpha value is -3.28. The van der Waals surface area contributed by atoms with Gasteiger partial charge >= 0.3 is 0 Å². The summed E-state index contributed by atoms with van der Waals surface area (Å²) < 4.78 is 0. The minimum Gasteiger partial charge on any atom is -0.267 e. The van der Waals surface area contributed by atoms with E-state index in [1.807, 2.05) is 0 Å². The molecule has 6 heteroatoms. The Bertz CT molecular complexity index is 1010. The van der Waals surface area contributed by atoms with Crippen LogP contribution in [0.1, 0.15) is 0 Å². The van der Waals surface area contributed by atoms with E-state index in [0.29, 0.717) is 22.5 Å². The molecule has 4 rings (SSSR count). The van der Waals surface area contributed by atoms with Crippen LogP contribution in [0.2, 0.25) is 0 Å². The van der Waals surface area contributed by atoms with Crippen LogP contribution in [0.5, 0.6) is 0 Å². The Morgan fingerprint density at radius 2 is 1.14 bits per heavy atom.